The molecule has 5 nitrogen and oxygen atoms in total. The Balaban J connectivity index is 1.46. The Morgan fingerprint density at radius 3 is 2.45 bits per heavy atom. The molecule has 0 aliphatic carbocycles. The van der Waals surface area contributed by atoms with Gasteiger partial charge in [-0.25, -0.2) is 0 Å². The Morgan fingerprint density at radius 2 is 1.83 bits per heavy atom. The standard InChI is InChI=1S/C22H20ClN3O2S/c1-28-16-8-6-15(7-9-16)18(14-24)25-10-12-26(13-11-25)22(27)21-20(23)17-4-2-3-5-19(17)29-21/h2-9,18H,10-13H2,1H3. The van der Waals surface area contributed by atoms with Crippen molar-refractivity contribution in [3.05, 3.63) is 64.0 Å². The molecule has 29 heavy (non-hydrogen) atoms. The Hall–Kier alpha value is -2.59. The minimum Gasteiger partial charge on any atom is -0.497 e. The fourth-order valence-corrected chi connectivity index (χ4v) is 5.11. The Morgan fingerprint density at radius 1 is 1.14 bits per heavy atom. The van der Waals surface area contributed by atoms with E-state index in [4.69, 9.17) is 16.3 Å². The number of carbonyl (C=O) groups excluding carboxylic acids is 1. The number of benzene rings is 2. The van der Waals surface area contributed by atoms with E-state index in [1.807, 2.05) is 53.4 Å². The van der Waals surface area contributed by atoms with Gasteiger partial charge in [0.05, 0.1) is 18.2 Å². The van der Waals surface area contributed by atoms with Gasteiger partial charge in [0.15, 0.2) is 0 Å². The lowest BCUT2D eigenvalue weighted by Gasteiger charge is -2.37. The number of nitriles is 1. The molecule has 1 aromatic heterocycles. The first-order valence-electron chi connectivity index (χ1n) is 9.36. The van der Waals surface area contributed by atoms with E-state index in [9.17, 15) is 10.1 Å². The Kier molecular flexibility index (Phi) is 5.72. The van der Waals surface area contributed by atoms with E-state index in [0.717, 1.165) is 21.4 Å². The summed E-state index contributed by atoms with van der Waals surface area (Å²) in [4.78, 5) is 17.6. The number of halogens is 1. The topological polar surface area (TPSA) is 56.6 Å². The number of nitrogens with zero attached hydrogens (tertiary/aromatic N) is 3. The van der Waals surface area contributed by atoms with E-state index in [0.29, 0.717) is 36.1 Å². The number of methoxy groups -OCH3 is 1. The molecular weight excluding hydrogens is 406 g/mol. The summed E-state index contributed by atoms with van der Waals surface area (Å²) in [7, 11) is 1.62. The highest BCUT2D eigenvalue weighted by Crippen LogP contribution is 2.36. The van der Waals surface area contributed by atoms with Crippen molar-refractivity contribution in [3.63, 3.8) is 0 Å². The minimum absolute atomic E-state index is 0.0335. The SMILES string of the molecule is COc1ccc(C(C#N)N2CCN(C(=O)c3sc4ccccc4c3Cl)CC2)cc1. The van der Waals surface area contributed by atoms with Crippen molar-refractivity contribution in [1.29, 1.82) is 5.26 Å². The molecule has 2 heterocycles. The summed E-state index contributed by atoms with van der Waals surface area (Å²) in [5, 5.41) is 11.2. The molecule has 7 heteroatoms. The highest BCUT2D eigenvalue weighted by molar-refractivity contribution is 7.21. The second-order valence-corrected chi connectivity index (χ2v) is 8.30. The van der Waals surface area contributed by atoms with Crippen LogP contribution >= 0.6 is 22.9 Å². The van der Waals surface area contributed by atoms with Crippen molar-refractivity contribution in [3.8, 4) is 11.8 Å². The molecule has 4 rings (SSSR count). The summed E-state index contributed by atoms with van der Waals surface area (Å²) in [6.45, 7) is 2.41. The predicted octanol–water partition coefficient (Wildman–Crippen LogP) is 4.59. The third-order valence-electron chi connectivity index (χ3n) is 5.25. The average molecular weight is 426 g/mol. The van der Waals surface area contributed by atoms with Gasteiger partial charge in [-0.05, 0) is 23.8 Å². The van der Waals surface area contributed by atoms with Gasteiger partial charge in [-0.3, -0.25) is 9.69 Å². The first-order chi connectivity index (χ1) is 14.1. The second-order valence-electron chi connectivity index (χ2n) is 6.87. The van der Waals surface area contributed by atoms with Crippen LogP contribution in [0.5, 0.6) is 5.75 Å². The molecule has 2 aromatic carbocycles. The monoisotopic (exact) mass is 425 g/mol. The molecule has 1 fully saturated rings. The Bertz CT molecular complexity index is 1070. The molecule has 3 aromatic rings. The average Bonchev–Trinajstić information content (AvgIpc) is 3.11. The van der Waals surface area contributed by atoms with Crippen molar-refractivity contribution in [2.45, 2.75) is 6.04 Å². The summed E-state index contributed by atoms with van der Waals surface area (Å²) in [5.74, 6) is 0.731. The summed E-state index contributed by atoms with van der Waals surface area (Å²) in [5.41, 5.74) is 0.931. The van der Waals surface area contributed by atoms with Gasteiger partial charge in [-0.15, -0.1) is 11.3 Å². The van der Waals surface area contributed by atoms with E-state index in [-0.39, 0.29) is 11.9 Å². The normalized spacial score (nSPS) is 15.8. The molecule has 1 amide bonds. The first kappa shape index (κ1) is 19.7. The van der Waals surface area contributed by atoms with E-state index in [2.05, 4.69) is 11.0 Å². The van der Waals surface area contributed by atoms with Gasteiger partial charge in [0.2, 0.25) is 0 Å². The molecule has 1 aliphatic heterocycles. The number of hydrogen-bond donors (Lipinski definition) is 0. The van der Waals surface area contributed by atoms with E-state index in [1.165, 1.54) is 11.3 Å². The van der Waals surface area contributed by atoms with Crippen LogP contribution in [0.25, 0.3) is 10.1 Å². The smallest absolute Gasteiger partial charge is 0.265 e. The molecule has 1 aliphatic rings. The van der Waals surface area contributed by atoms with Gasteiger partial charge in [0.1, 0.15) is 16.7 Å². The van der Waals surface area contributed by atoms with Crippen molar-refractivity contribution in [2.75, 3.05) is 33.3 Å². The third-order valence-corrected chi connectivity index (χ3v) is 6.91. The van der Waals surface area contributed by atoms with Gasteiger partial charge in [-0.2, -0.15) is 5.26 Å². The van der Waals surface area contributed by atoms with Crippen LogP contribution in [0.15, 0.2) is 48.5 Å². The molecule has 0 N–H and O–H groups in total. The lowest BCUT2D eigenvalue weighted by Crippen LogP contribution is -2.49. The summed E-state index contributed by atoms with van der Waals surface area (Å²) >= 11 is 7.91. The van der Waals surface area contributed by atoms with Crippen molar-refractivity contribution in [1.82, 2.24) is 9.80 Å². The van der Waals surface area contributed by atoms with Crippen LogP contribution in [-0.2, 0) is 0 Å². The van der Waals surface area contributed by atoms with Crippen LogP contribution in [0.2, 0.25) is 5.02 Å². The molecule has 1 saturated heterocycles. The number of piperazine rings is 1. The number of carbonyl (C=O) groups is 1. The van der Waals surface area contributed by atoms with Crippen LogP contribution in [-0.4, -0.2) is 49.0 Å². The predicted molar refractivity (Wildman–Crippen MR) is 116 cm³/mol. The van der Waals surface area contributed by atoms with Crippen LogP contribution < -0.4 is 4.74 Å². The van der Waals surface area contributed by atoms with E-state index < -0.39 is 0 Å². The number of amides is 1. The van der Waals surface area contributed by atoms with Gasteiger partial charge in [0, 0.05) is 36.3 Å². The molecule has 0 spiro atoms. The van der Waals surface area contributed by atoms with Crippen LogP contribution in [0, 0.1) is 11.3 Å². The number of hydrogen-bond acceptors (Lipinski definition) is 5. The molecule has 0 saturated carbocycles. The molecule has 1 unspecified atom stereocenters. The van der Waals surface area contributed by atoms with Gasteiger partial charge in [-0.1, -0.05) is 41.9 Å². The zero-order valence-corrected chi connectivity index (χ0v) is 17.5. The van der Waals surface area contributed by atoms with Gasteiger partial charge < -0.3 is 9.64 Å². The van der Waals surface area contributed by atoms with E-state index >= 15 is 0 Å². The number of thiophene rings is 1. The maximum absolute atomic E-state index is 13.0. The fraction of sp³-hybridized carbons (Fsp3) is 0.273. The summed E-state index contributed by atoms with van der Waals surface area (Å²) in [6, 6.07) is 17.4. The fourth-order valence-electron chi connectivity index (χ4n) is 3.63. The molecule has 1 atom stereocenters. The van der Waals surface area contributed by atoms with Gasteiger partial charge in [0.25, 0.3) is 5.91 Å². The lowest BCUT2D eigenvalue weighted by atomic mass is 10.1. The molecular formula is C22H20ClN3O2S. The quantitative estimate of drug-likeness (QED) is 0.613. The highest BCUT2D eigenvalue weighted by atomic mass is 35.5. The van der Waals surface area contributed by atoms with Crippen LogP contribution in [0.4, 0.5) is 0 Å². The number of ether oxygens (including phenoxy) is 1. The number of fused-ring (bicyclic) bond motifs is 1. The van der Waals surface area contributed by atoms with Crippen molar-refractivity contribution >= 4 is 38.9 Å². The highest BCUT2D eigenvalue weighted by Gasteiger charge is 2.29. The number of rotatable bonds is 4. The maximum atomic E-state index is 13.0. The zero-order valence-electron chi connectivity index (χ0n) is 16.0. The van der Waals surface area contributed by atoms with E-state index in [1.54, 1.807) is 7.11 Å². The Labute approximate surface area is 178 Å². The summed E-state index contributed by atoms with van der Waals surface area (Å²) in [6.07, 6.45) is 0. The largest absolute Gasteiger partial charge is 0.497 e. The molecule has 0 radical (unpaired) electrons. The minimum atomic E-state index is -0.342. The van der Waals surface area contributed by atoms with Crippen molar-refractivity contribution in [2.24, 2.45) is 0 Å². The van der Waals surface area contributed by atoms with Crippen LogP contribution in [0.3, 0.4) is 0 Å². The van der Waals surface area contributed by atoms with Crippen molar-refractivity contribution < 1.29 is 9.53 Å². The lowest BCUT2D eigenvalue weighted by molar-refractivity contribution is 0.0611. The molecule has 148 valence electrons. The zero-order chi connectivity index (χ0) is 20.4. The first-order valence-corrected chi connectivity index (χ1v) is 10.6. The summed E-state index contributed by atoms with van der Waals surface area (Å²) < 4.78 is 6.21. The maximum Gasteiger partial charge on any atom is 0.265 e. The van der Waals surface area contributed by atoms with Crippen LogP contribution in [0.1, 0.15) is 21.3 Å². The second kappa shape index (κ2) is 8.42. The van der Waals surface area contributed by atoms with Gasteiger partial charge >= 0.3 is 0 Å². The molecule has 0 bridgehead atoms. The third kappa shape index (κ3) is 3.82.